The summed E-state index contributed by atoms with van der Waals surface area (Å²) in [6, 6.07) is 0. The molecule has 2 aliphatic heterocycles. The van der Waals surface area contributed by atoms with E-state index >= 15 is 0 Å². The molecule has 3 fully saturated rings. The van der Waals surface area contributed by atoms with Gasteiger partial charge in [-0.2, -0.15) is 0 Å². The van der Waals surface area contributed by atoms with Crippen LogP contribution in [0.2, 0.25) is 0 Å². The van der Waals surface area contributed by atoms with Crippen molar-refractivity contribution in [3.05, 3.63) is 0 Å². The molecule has 0 radical (unpaired) electrons. The van der Waals surface area contributed by atoms with Crippen molar-refractivity contribution in [3.63, 3.8) is 0 Å². The molecule has 0 aromatic heterocycles. The molecular weight excluding hydrogens is 288 g/mol. The molecule has 1 saturated carbocycles. The molecule has 21 heavy (non-hydrogen) atoms. The molecule has 0 aromatic carbocycles. The van der Waals surface area contributed by atoms with Crippen LogP contribution in [0.15, 0.2) is 0 Å². The number of hydrogen-bond acceptors (Lipinski definition) is 4. The lowest BCUT2D eigenvalue weighted by molar-refractivity contribution is -0.0817. The quantitative estimate of drug-likeness (QED) is 0.813. The summed E-state index contributed by atoms with van der Waals surface area (Å²) in [5.74, 6) is 0.728. The van der Waals surface area contributed by atoms with Crippen molar-refractivity contribution in [2.45, 2.75) is 50.5 Å². The van der Waals surface area contributed by atoms with Crippen molar-refractivity contribution in [3.8, 4) is 0 Å². The Morgan fingerprint density at radius 3 is 2.67 bits per heavy atom. The molecule has 2 heterocycles. The third-order valence-electron chi connectivity index (χ3n) is 5.69. The van der Waals surface area contributed by atoms with E-state index in [1.807, 2.05) is 0 Å². The first-order valence-electron chi connectivity index (χ1n) is 8.40. The number of nitrogens with zero attached hydrogens (tertiary/aromatic N) is 1. The van der Waals surface area contributed by atoms with Gasteiger partial charge in [0.1, 0.15) is 0 Å². The number of fused-ring (bicyclic) bond motifs is 1. The molecule has 1 aliphatic carbocycles. The second-order valence-corrected chi connectivity index (χ2v) is 9.14. The van der Waals surface area contributed by atoms with Gasteiger partial charge in [-0.3, -0.25) is 0 Å². The minimum absolute atomic E-state index is 0.141. The lowest BCUT2D eigenvalue weighted by atomic mass is 9.72. The minimum atomic E-state index is -3.17. The van der Waals surface area contributed by atoms with Crippen LogP contribution < -0.4 is 5.32 Å². The van der Waals surface area contributed by atoms with E-state index in [4.69, 9.17) is 0 Å². The van der Waals surface area contributed by atoms with E-state index in [1.54, 1.807) is 4.31 Å². The second kappa shape index (κ2) is 6.14. The Labute approximate surface area is 128 Å². The highest BCUT2D eigenvalue weighted by molar-refractivity contribution is 7.89. The third-order valence-corrected chi connectivity index (χ3v) is 7.70. The fraction of sp³-hybridized carbons (Fsp3) is 1.00. The van der Waals surface area contributed by atoms with Crippen molar-refractivity contribution in [1.82, 2.24) is 9.62 Å². The molecule has 3 aliphatic rings. The summed E-state index contributed by atoms with van der Waals surface area (Å²) in [6.07, 6.45) is 6.55. The van der Waals surface area contributed by atoms with Gasteiger partial charge in [0.2, 0.25) is 10.0 Å². The van der Waals surface area contributed by atoms with E-state index in [1.165, 1.54) is 0 Å². The lowest BCUT2D eigenvalue weighted by Crippen LogP contribution is -2.55. The number of piperidine rings is 2. The maximum Gasteiger partial charge on any atom is 0.214 e. The average molecular weight is 316 g/mol. The van der Waals surface area contributed by atoms with Crippen LogP contribution in [-0.4, -0.2) is 55.4 Å². The number of sulfonamides is 1. The van der Waals surface area contributed by atoms with E-state index in [0.29, 0.717) is 31.2 Å². The van der Waals surface area contributed by atoms with Gasteiger partial charge in [-0.15, -0.1) is 0 Å². The van der Waals surface area contributed by atoms with Crippen molar-refractivity contribution in [2.24, 2.45) is 11.8 Å². The number of rotatable bonds is 3. The maximum atomic E-state index is 12.7. The summed E-state index contributed by atoms with van der Waals surface area (Å²) in [5, 5.41) is 13.9. The van der Waals surface area contributed by atoms with Crippen molar-refractivity contribution < 1.29 is 13.5 Å². The van der Waals surface area contributed by atoms with E-state index in [9.17, 15) is 13.5 Å². The standard InChI is InChI=1S/C15H28N2O3S/c18-15-6-2-1-3-14(15)11-17(10-7-15)21(19,20)12-13-4-8-16-9-5-13/h13-14,16,18H,1-12H2. The topological polar surface area (TPSA) is 69.6 Å². The van der Waals surface area contributed by atoms with Crippen LogP contribution >= 0.6 is 0 Å². The molecule has 0 spiro atoms. The molecule has 0 bridgehead atoms. The summed E-state index contributed by atoms with van der Waals surface area (Å²) in [7, 11) is -3.17. The van der Waals surface area contributed by atoms with Gasteiger partial charge >= 0.3 is 0 Å². The van der Waals surface area contributed by atoms with Gasteiger partial charge in [0.15, 0.2) is 0 Å². The van der Waals surface area contributed by atoms with Crippen LogP contribution in [0.1, 0.15) is 44.9 Å². The Bertz CT molecular complexity index is 462. The number of nitrogens with one attached hydrogen (secondary N) is 1. The normalized spacial score (nSPS) is 36.3. The van der Waals surface area contributed by atoms with E-state index in [0.717, 1.165) is 51.6 Å². The van der Waals surface area contributed by atoms with E-state index < -0.39 is 15.6 Å². The fourth-order valence-corrected chi connectivity index (χ4v) is 6.16. The Morgan fingerprint density at radius 2 is 1.90 bits per heavy atom. The molecule has 2 unspecified atom stereocenters. The molecule has 3 rings (SSSR count). The van der Waals surface area contributed by atoms with Crippen LogP contribution in [-0.2, 0) is 10.0 Å². The highest BCUT2D eigenvalue weighted by Crippen LogP contribution is 2.40. The van der Waals surface area contributed by atoms with E-state index in [2.05, 4.69) is 5.32 Å². The molecule has 0 amide bonds. The Morgan fingerprint density at radius 1 is 1.14 bits per heavy atom. The monoisotopic (exact) mass is 316 g/mol. The largest absolute Gasteiger partial charge is 0.390 e. The van der Waals surface area contributed by atoms with Crippen LogP contribution in [0.5, 0.6) is 0 Å². The van der Waals surface area contributed by atoms with Crippen LogP contribution in [0.25, 0.3) is 0 Å². The molecule has 5 nitrogen and oxygen atoms in total. The van der Waals surface area contributed by atoms with Gasteiger partial charge in [0, 0.05) is 19.0 Å². The van der Waals surface area contributed by atoms with Crippen LogP contribution in [0.3, 0.4) is 0 Å². The molecule has 2 atom stereocenters. The van der Waals surface area contributed by atoms with Crippen molar-refractivity contribution in [1.29, 1.82) is 0 Å². The van der Waals surface area contributed by atoms with Crippen molar-refractivity contribution in [2.75, 3.05) is 31.9 Å². The zero-order valence-corrected chi connectivity index (χ0v) is 13.6. The van der Waals surface area contributed by atoms with Crippen molar-refractivity contribution >= 4 is 10.0 Å². The summed E-state index contributed by atoms with van der Waals surface area (Å²) in [4.78, 5) is 0. The zero-order valence-electron chi connectivity index (χ0n) is 12.8. The number of hydrogen-bond donors (Lipinski definition) is 2. The van der Waals surface area contributed by atoms with Crippen LogP contribution in [0, 0.1) is 11.8 Å². The summed E-state index contributed by atoms with van der Waals surface area (Å²) in [5.41, 5.74) is -0.598. The lowest BCUT2D eigenvalue weighted by Gasteiger charge is -2.47. The van der Waals surface area contributed by atoms with E-state index in [-0.39, 0.29) is 5.92 Å². The third kappa shape index (κ3) is 3.44. The first kappa shape index (κ1) is 15.7. The SMILES string of the molecule is O=S(=O)(CC1CCNCC1)N1CCC2(O)CCCCC2C1. The van der Waals surface area contributed by atoms with Gasteiger partial charge in [-0.25, -0.2) is 12.7 Å². The zero-order chi connectivity index (χ0) is 14.9. The van der Waals surface area contributed by atoms with Gasteiger partial charge < -0.3 is 10.4 Å². The van der Waals surface area contributed by atoms with Gasteiger partial charge in [0.25, 0.3) is 0 Å². The predicted octanol–water partition coefficient (Wildman–Crippen LogP) is 0.943. The Hall–Kier alpha value is -0.170. The molecular formula is C15H28N2O3S. The minimum Gasteiger partial charge on any atom is -0.390 e. The van der Waals surface area contributed by atoms with Gasteiger partial charge in [-0.05, 0) is 51.1 Å². The first-order valence-corrected chi connectivity index (χ1v) is 10.0. The van der Waals surface area contributed by atoms with Crippen LogP contribution in [0.4, 0.5) is 0 Å². The summed E-state index contributed by atoms with van der Waals surface area (Å²) < 4.78 is 27.0. The Kier molecular flexibility index (Phi) is 4.60. The van der Waals surface area contributed by atoms with Gasteiger partial charge in [-0.1, -0.05) is 12.8 Å². The fourth-order valence-electron chi connectivity index (χ4n) is 4.24. The molecule has 122 valence electrons. The average Bonchev–Trinajstić information content (AvgIpc) is 2.46. The molecule has 6 heteroatoms. The summed E-state index contributed by atoms with van der Waals surface area (Å²) in [6.45, 7) is 2.90. The highest BCUT2D eigenvalue weighted by atomic mass is 32.2. The molecule has 0 aromatic rings. The Balaban J connectivity index is 1.63. The number of aliphatic hydroxyl groups is 1. The maximum absolute atomic E-state index is 12.7. The highest BCUT2D eigenvalue weighted by Gasteiger charge is 2.45. The smallest absolute Gasteiger partial charge is 0.214 e. The predicted molar refractivity (Wildman–Crippen MR) is 82.5 cm³/mol. The molecule has 2 saturated heterocycles. The van der Waals surface area contributed by atoms with Gasteiger partial charge in [0.05, 0.1) is 11.4 Å². The first-order chi connectivity index (χ1) is 10.00. The second-order valence-electron chi connectivity index (χ2n) is 7.13. The summed E-state index contributed by atoms with van der Waals surface area (Å²) >= 11 is 0. The molecule has 2 N–H and O–H groups in total.